The fraction of sp³-hybridized carbons (Fsp3) is 0.167. The molecule has 0 amide bonds. The number of imidazole rings is 1. The second kappa shape index (κ2) is 4.68. The molecule has 0 aliphatic carbocycles. The molecule has 0 aliphatic rings. The number of aryl methyl sites for hydroxylation is 1. The molecule has 0 radical (unpaired) electrons. The molecule has 19 heavy (non-hydrogen) atoms. The number of aromatic nitrogens is 2. The van der Waals surface area contributed by atoms with E-state index in [-0.39, 0.29) is 22.7 Å². The van der Waals surface area contributed by atoms with Crippen molar-refractivity contribution in [3.8, 4) is 17.0 Å². The molecular weight excluding hydrogens is 258 g/mol. The van der Waals surface area contributed by atoms with Crippen LogP contribution in [0.4, 0.5) is 8.78 Å². The summed E-state index contributed by atoms with van der Waals surface area (Å²) in [5.74, 6) is -2.87. The van der Waals surface area contributed by atoms with E-state index in [1.807, 2.05) is 0 Å². The quantitative estimate of drug-likeness (QED) is 0.896. The number of hydrogen-bond acceptors (Lipinski definition) is 3. The molecule has 1 heterocycles. The Morgan fingerprint density at radius 1 is 1.37 bits per heavy atom. The highest BCUT2D eigenvalue weighted by Crippen LogP contribution is 2.29. The number of aromatic amines is 1. The Morgan fingerprint density at radius 3 is 2.63 bits per heavy atom. The number of methoxy groups -OCH3 is 1. The SMILES string of the molecule is COc1cc(F)c(-c2nc(C)[nH]c2C(=O)O)cc1F. The van der Waals surface area contributed by atoms with E-state index < -0.39 is 17.6 Å². The van der Waals surface area contributed by atoms with Crippen molar-refractivity contribution in [2.24, 2.45) is 0 Å². The van der Waals surface area contributed by atoms with Gasteiger partial charge in [0, 0.05) is 11.6 Å². The maximum atomic E-state index is 13.9. The number of ether oxygens (including phenoxy) is 1. The van der Waals surface area contributed by atoms with Crippen LogP contribution in [0.2, 0.25) is 0 Å². The van der Waals surface area contributed by atoms with Crippen LogP contribution >= 0.6 is 0 Å². The molecule has 2 rings (SSSR count). The summed E-state index contributed by atoms with van der Waals surface area (Å²) in [4.78, 5) is 17.4. The molecule has 5 nitrogen and oxygen atoms in total. The van der Waals surface area contributed by atoms with E-state index in [1.54, 1.807) is 0 Å². The number of H-pyrrole nitrogens is 1. The minimum atomic E-state index is -1.30. The van der Waals surface area contributed by atoms with Gasteiger partial charge in [0.25, 0.3) is 0 Å². The predicted molar refractivity (Wildman–Crippen MR) is 62.2 cm³/mol. The molecule has 2 aromatic rings. The fourth-order valence-electron chi connectivity index (χ4n) is 1.71. The first kappa shape index (κ1) is 13.0. The summed E-state index contributed by atoms with van der Waals surface area (Å²) in [5, 5.41) is 8.99. The first-order valence-electron chi connectivity index (χ1n) is 5.27. The summed E-state index contributed by atoms with van der Waals surface area (Å²) in [5.41, 5.74) is -0.676. The van der Waals surface area contributed by atoms with Crippen LogP contribution in [0.25, 0.3) is 11.3 Å². The zero-order chi connectivity index (χ0) is 14.2. The lowest BCUT2D eigenvalue weighted by molar-refractivity contribution is 0.0692. The van der Waals surface area contributed by atoms with E-state index in [2.05, 4.69) is 14.7 Å². The Morgan fingerprint density at radius 2 is 2.05 bits per heavy atom. The van der Waals surface area contributed by atoms with Gasteiger partial charge in [-0.15, -0.1) is 0 Å². The fourth-order valence-corrected chi connectivity index (χ4v) is 1.71. The lowest BCUT2D eigenvalue weighted by Crippen LogP contribution is -2.01. The molecule has 100 valence electrons. The molecule has 1 aromatic heterocycles. The molecular formula is C12H10F2N2O3. The molecule has 1 aromatic carbocycles. The van der Waals surface area contributed by atoms with Crippen molar-refractivity contribution < 1.29 is 23.4 Å². The molecule has 0 bridgehead atoms. The van der Waals surface area contributed by atoms with E-state index in [0.717, 1.165) is 12.1 Å². The van der Waals surface area contributed by atoms with Crippen LogP contribution in [0.3, 0.4) is 0 Å². The molecule has 0 saturated carbocycles. The lowest BCUT2D eigenvalue weighted by atomic mass is 10.1. The van der Waals surface area contributed by atoms with Gasteiger partial charge in [-0.05, 0) is 13.0 Å². The summed E-state index contributed by atoms with van der Waals surface area (Å²) < 4.78 is 32.1. The first-order chi connectivity index (χ1) is 8.93. The molecule has 0 spiro atoms. The van der Waals surface area contributed by atoms with Gasteiger partial charge in [0.2, 0.25) is 0 Å². The minimum absolute atomic E-state index is 0.149. The van der Waals surface area contributed by atoms with Crippen molar-refractivity contribution in [2.45, 2.75) is 6.92 Å². The van der Waals surface area contributed by atoms with Gasteiger partial charge >= 0.3 is 5.97 Å². The van der Waals surface area contributed by atoms with Gasteiger partial charge < -0.3 is 14.8 Å². The van der Waals surface area contributed by atoms with Crippen LogP contribution in [0, 0.1) is 18.6 Å². The second-order valence-corrected chi connectivity index (χ2v) is 3.82. The average molecular weight is 268 g/mol. The van der Waals surface area contributed by atoms with Crippen LogP contribution < -0.4 is 4.74 Å². The number of aromatic carboxylic acids is 1. The molecule has 2 N–H and O–H groups in total. The predicted octanol–water partition coefficient (Wildman–Crippen LogP) is 2.37. The minimum Gasteiger partial charge on any atom is -0.494 e. The highest BCUT2D eigenvalue weighted by molar-refractivity contribution is 5.93. The Bertz CT molecular complexity index is 653. The van der Waals surface area contributed by atoms with Crippen LogP contribution in [0.15, 0.2) is 12.1 Å². The van der Waals surface area contributed by atoms with Gasteiger partial charge in [0.1, 0.15) is 17.3 Å². The zero-order valence-corrected chi connectivity index (χ0v) is 10.1. The number of carboxylic acids is 1. The highest BCUT2D eigenvalue weighted by Gasteiger charge is 2.21. The second-order valence-electron chi connectivity index (χ2n) is 3.82. The third kappa shape index (κ3) is 2.26. The number of halogens is 2. The smallest absolute Gasteiger partial charge is 0.354 e. The lowest BCUT2D eigenvalue weighted by Gasteiger charge is -2.06. The van der Waals surface area contributed by atoms with E-state index in [9.17, 15) is 13.6 Å². The summed E-state index contributed by atoms with van der Waals surface area (Å²) in [6, 6.07) is 1.70. The zero-order valence-electron chi connectivity index (χ0n) is 10.1. The monoisotopic (exact) mass is 268 g/mol. The van der Waals surface area contributed by atoms with Crippen molar-refractivity contribution in [1.82, 2.24) is 9.97 Å². The Hall–Kier alpha value is -2.44. The molecule has 0 unspecified atom stereocenters. The summed E-state index contributed by atoms with van der Waals surface area (Å²) in [6.45, 7) is 1.52. The van der Waals surface area contributed by atoms with Crippen LogP contribution in [-0.2, 0) is 0 Å². The third-order valence-electron chi connectivity index (χ3n) is 2.53. The number of carbonyl (C=O) groups is 1. The standard InChI is InChI=1S/C12H10F2N2O3/c1-5-15-10(11(16-5)12(17)18)6-3-8(14)9(19-2)4-7(6)13/h3-4H,1-2H3,(H,15,16)(H,17,18). The van der Waals surface area contributed by atoms with Crippen LogP contribution in [0.5, 0.6) is 5.75 Å². The van der Waals surface area contributed by atoms with Crippen molar-refractivity contribution in [3.05, 3.63) is 35.3 Å². The molecule has 7 heteroatoms. The van der Waals surface area contributed by atoms with E-state index in [1.165, 1.54) is 14.0 Å². The summed E-state index contributed by atoms with van der Waals surface area (Å²) >= 11 is 0. The van der Waals surface area contributed by atoms with Gasteiger partial charge in [-0.3, -0.25) is 0 Å². The molecule has 0 saturated heterocycles. The van der Waals surface area contributed by atoms with Gasteiger partial charge in [-0.1, -0.05) is 0 Å². The number of rotatable bonds is 3. The van der Waals surface area contributed by atoms with Crippen molar-refractivity contribution >= 4 is 5.97 Å². The van der Waals surface area contributed by atoms with E-state index >= 15 is 0 Å². The van der Waals surface area contributed by atoms with Crippen molar-refractivity contribution in [3.63, 3.8) is 0 Å². The summed E-state index contributed by atoms with van der Waals surface area (Å²) in [7, 11) is 1.21. The number of nitrogens with zero attached hydrogens (tertiary/aromatic N) is 1. The average Bonchev–Trinajstić information content (AvgIpc) is 2.73. The number of benzene rings is 1. The highest BCUT2D eigenvalue weighted by atomic mass is 19.1. The third-order valence-corrected chi connectivity index (χ3v) is 2.53. The Labute approximate surface area is 106 Å². The Balaban J connectivity index is 2.65. The summed E-state index contributed by atoms with van der Waals surface area (Å²) in [6.07, 6.45) is 0. The van der Waals surface area contributed by atoms with Crippen molar-refractivity contribution in [1.29, 1.82) is 0 Å². The first-order valence-corrected chi connectivity index (χ1v) is 5.27. The van der Waals surface area contributed by atoms with Crippen molar-refractivity contribution in [2.75, 3.05) is 7.11 Å². The Kier molecular flexibility index (Phi) is 3.20. The van der Waals surface area contributed by atoms with Gasteiger partial charge in [-0.25, -0.2) is 18.6 Å². The topological polar surface area (TPSA) is 75.2 Å². The maximum absolute atomic E-state index is 13.9. The van der Waals surface area contributed by atoms with Crippen LogP contribution in [-0.4, -0.2) is 28.2 Å². The van der Waals surface area contributed by atoms with Gasteiger partial charge in [0.05, 0.1) is 7.11 Å². The normalized spacial score (nSPS) is 10.5. The number of hydrogen-bond donors (Lipinski definition) is 2. The maximum Gasteiger partial charge on any atom is 0.354 e. The van der Waals surface area contributed by atoms with E-state index in [4.69, 9.17) is 5.11 Å². The van der Waals surface area contributed by atoms with Crippen LogP contribution in [0.1, 0.15) is 16.3 Å². The largest absolute Gasteiger partial charge is 0.494 e. The number of carboxylic acid groups (broad SMARTS) is 1. The van der Waals surface area contributed by atoms with Gasteiger partial charge in [-0.2, -0.15) is 0 Å². The van der Waals surface area contributed by atoms with Gasteiger partial charge in [0.15, 0.2) is 17.3 Å². The molecule has 0 aliphatic heterocycles. The van der Waals surface area contributed by atoms with E-state index in [0.29, 0.717) is 5.82 Å². The molecule has 0 fully saturated rings. The number of nitrogens with one attached hydrogen (secondary N) is 1. The molecule has 0 atom stereocenters.